The summed E-state index contributed by atoms with van der Waals surface area (Å²) in [7, 11) is 1.64. The van der Waals surface area contributed by atoms with Crippen LogP contribution in [0, 0.1) is 11.3 Å². The average Bonchev–Trinajstić information content (AvgIpc) is 3.24. The molecular weight excluding hydrogens is 366 g/mol. The van der Waals surface area contributed by atoms with E-state index in [2.05, 4.69) is 35.4 Å². The third-order valence-corrected chi connectivity index (χ3v) is 5.25. The van der Waals surface area contributed by atoms with Gasteiger partial charge in [0.1, 0.15) is 22.4 Å². The van der Waals surface area contributed by atoms with Crippen LogP contribution in [0.15, 0.2) is 60.1 Å². The number of nitrogens with zero attached hydrogens (tertiary/aromatic N) is 2. The standard InChI is InChI=1S/C23H23N3OS/c1-3-4-6-17-9-11-20(12-10-17)25-15-19(14-24)23-26-22(16-28-23)18-7-5-8-21(13-18)27-2/h5,7-13,15-16,25H,3-4,6H2,1-2H3/b19-15+. The first-order valence-electron chi connectivity index (χ1n) is 9.29. The molecule has 0 saturated heterocycles. The van der Waals surface area contributed by atoms with Crippen molar-refractivity contribution >= 4 is 22.6 Å². The Morgan fingerprint density at radius 1 is 1.25 bits per heavy atom. The van der Waals surface area contributed by atoms with Crippen LogP contribution in [0.2, 0.25) is 0 Å². The molecule has 0 bridgehead atoms. The maximum atomic E-state index is 9.55. The number of anilines is 1. The van der Waals surface area contributed by atoms with E-state index in [1.54, 1.807) is 13.3 Å². The van der Waals surface area contributed by atoms with Gasteiger partial charge in [-0.1, -0.05) is 37.6 Å². The van der Waals surface area contributed by atoms with Crippen LogP contribution >= 0.6 is 11.3 Å². The molecule has 0 spiro atoms. The summed E-state index contributed by atoms with van der Waals surface area (Å²) in [6.45, 7) is 2.20. The van der Waals surface area contributed by atoms with Crippen molar-refractivity contribution in [3.8, 4) is 23.1 Å². The van der Waals surface area contributed by atoms with Crippen molar-refractivity contribution < 1.29 is 4.74 Å². The number of aryl methyl sites for hydroxylation is 1. The SMILES string of the molecule is CCCCc1ccc(N/C=C(\C#N)c2nc(-c3cccc(OC)c3)cs2)cc1. The zero-order chi connectivity index (χ0) is 19.8. The summed E-state index contributed by atoms with van der Waals surface area (Å²) in [6, 6.07) is 18.3. The molecule has 4 nitrogen and oxygen atoms in total. The molecule has 3 aromatic rings. The van der Waals surface area contributed by atoms with Crippen LogP contribution < -0.4 is 10.1 Å². The Kier molecular flexibility index (Phi) is 6.83. The lowest BCUT2D eigenvalue weighted by molar-refractivity contribution is 0.415. The van der Waals surface area contributed by atoms with Crippen molar-refractivity contribution in [3.05, 3.63) is 70.7 Å². The molecule has 2 aromatic carbocycles. The second-order valence-corrected chi connectivity index (χ2v) is 7.24. The molecular formula is C23H23N3OS. The summed E-state index contributed by atoms with van der Waals surface area (Å²) < 4.78 is 5.27. The fraction of sp³-hybridized carbons (Fsp3) is 0.217. The average molecular weight is 390 g/mol. The first-order chi connectivity index (χ1) is 13.7. The predicted molar refractivity (Wildman–Crippen MR) is 116 cm³/mol. The van der Waals surface area contributed by atoms with Crippen molar-refractivity contribution in [2.24, 2.45) is 0 Å². The first-order valence-corrected chi connectivity index (χ1v) is 10.2. The summed E-state index contributed by atoms with van der Waals surface area (Å²) in [5.74, 6) is 0.784. The van der Waals surface area contributed by atoms with Crippen molar-refractivity contribution in [1.82, 2.24) is 4.98 Å². The van der Waals surface area contributed by atoms with Gasteiger partial charge in [-0.3, -0.25) is 0 Å². The third-order valence-electron chi connectivity index (χ3n) is 4.38. The molecule has 3 rings (SSSR count). The van der Waals surface area contributed by atoms with Gasteiger partial charge in [0, 0.05) is 22.8 Å². The van der Waals surface area contributed by atoms with E-state index in [1.165, 1.54) is 29.7 Å². The molecule has 1 heterocycles. The molecule has 28 heavy (non-hydrogen) atoms. The lowest BCUT2D eigenvalue weighted by atomic mass is 10.1. The van der Waals surface area contributed by atoms with Crippen LogP contribution in [0.5, 0.6) is 5.75 Å². The second kappa shape index (κ2) is 9.72. The molecule has 0 amide bonds. The highest BCUT2D eigenvalue weighted by Gasteiger charge is 2.09. The molecule has 0 aliphatic heterocycles. The molecule has 0 atom stereocenters. The van der Waals surface area contributed by atoms with E-state index in [-0.39, 0.29) is 0 Å². The Morgan fingerprint density at radius 3 is 2.79 bits per heavy atom. The van der Waals surface area contributed by atoms with E-state index >= 15 is 0 Å². The summed E-state index contributed by atoms with van der Waals surface area (Å²) in [6.07, 6.45) is 5.21. The zero-order valence-corrected chi connectivity index (χ0v) is 16.9. The fourth-order valence-corrected chi connectivity index (χ4v) is 3.55. The molecule has 142 valence electrons. The normalized spacial score (nSPS) is 11.1. The summed E-state index contributed by atoms with van der Waals surface area (Å²) in [5, 5.41) is 15.4. The number of nitriles is 1. The van der Waals surface area contributed by atoms with E-state index in [4.69, 9.17) is 4.74 Å². The van der Waals surface area contributed by atoms with Crippen molar-refractivity contribution in [1.29, 1.82) is 5.26 Å². The highest BCUT2D eigenvalue weighted by atomic mass is 32.1. The number of thiazole rings is 1. The number of hydrogen-bond donors (Lipinski definition) is 1. The van der Waals surface area contributed by atoms with Gasteiger partial charge in [-0.15, -0.1) is 11.3 Å². The Bertz CT molecular complexity index is 984. The number of rotatable bonds is 8. The maximum Gasteiger partial charge on any atom is 0.136 e. The van der Waals surface area contributed by atoms with Crippen LogP contribution in [0.4, 0.5) is 5.69 Å². The smallest absolute Gasteiger partial charge is 0.136 e. The topological polar surface area (TPSA) is 57.9 Å². The third kappa shape index (κ3) is 4.99. The van der Waals surface area contributed by atoms with E-state index in [0.29, 0.717) is 10.6 Å². The van der Waals surface area contributed by atoms with E-state index in [9.17, 15) is 5.26 Å². The number of ether oxygens (including phenoxy) is 1. The van der Waals surface area contributed by atoms with Crippen LogP contribution in [0.3, 0.4) is 0 Å². The predicted octanol–water partition coefficient (Wildman–Crippen LogP) is 6.14. The summed E-state index contributed by atoms with van der Waals surface area (Å²) in [4.78, 5) is 4.62. The van der Waals surface area contributed by atoms with E-state index in [0.717, 1.165) is 29.1 Å². The molecule has 0 aliphatic rings. The molecule has 0 radical (unpaired) electrons. The Morgan fingerprint density at radius 2 is 2.07 bits per heavy atom. The van der Waals surface area contributed by atoms with Gasteiger partial charge >= 0.3 is 0 Å². The minimum atomic E-state index is 0.509. The van der Waals surface area contributed by atoms with Crippen molar-refractivity contribution in [2.75, 3.05) is 12.4 Å². The minimum absolute atomic E-state index is 0.509. The van der Waals surface area contributed by atoms with Gasteiger partial charge in [-0.2, -0.15) is 5.26 Å². The van der Waals surface area contributed by atoms with Crippen LogP contribution in [0.1, 0.15) is 30.3 Å². The Hall–Kier alpha value is -3.10. The van der Waals surface area contributed by atoms with Gasteiger partial charge in [0.2, 0.25) is 0 Å². The van der Waals surface area contributed by atoms with Crippen LogP contribution in [-0.4, -0.2) is 12.1 Å². The lowest BCUT2D eigenvalue weighted by Crippen LogP contribution is -1.92. The number of unbranched alkanes of at least 4 members (excludes halogenated alkanes) is 1. The van der Waals surface area contributed by atoms with Crippen molar-refractivity contribution in [2.45, 2.75) is 26.2 Å². The van der Waals surface area contributed by atoms with Gasteiger partial charge < -0.3 is 10.1 Å². The van der Waals surface area contributed by atoms with E-state index < -0.39 is 0 Å². The number of allylic oxidation sites excluding steroid dienone is 1. The maximum absolute atomic E-state index is 9.55. The van der Waals surface area contributed by atoms with Crippen molar-refractivity contribution in [3.63, 3.8) is 0 Å². The van der Waals surface area contributed by atoms with Gasteiger partial charge in [-0.05, 0) is 42.7 Å². The van der Waals surface area contributed by atoms with Crippen LogP contribution in [0.25, 0.3) is 16.8 Å². The quantitative estimate of drug-likeness (QED) is 0.470. The first kappa shape index (κ1) is 19.7. The van der Waals surface area contributed by atoms with Gasteiger partial charge in [0.05, 0.1) is 12.8 Å². The zero-order valence-electron chi connectivity index (χ0n) is 16.1. The largest absolute Gasteiger partial charge is 0.497 e. The van der Waals surface area contributed by atoms with Gasteiger partial charge in [-0.25, -0.2) is 4.98 Å². The number of nitrogens with one attached hydrogen (secondary N) is 1. The van der Waals surface area contributed by atoms with E-state index in [1.807, 2.05) is 41.8 Å². The van der Waals surface area contributed by atoms with Gasteiger partial charge in [0.15, 0.2) is 0 Å². The van der Waals surface area contributed by atoms with Gasteiger partial charge in [0.25, 0.3) is 0 Å². The molecule has 5 heteroatoms. The highest BCUT2D eigenvalue weighted by Crippen LogP contribution is 2.28. The summed E-state index contributed by atoms with van der Waals surface area (Å²) >= 11 is 1.45. The minimum Gasteiger partial charge on any atom is -0.497 e. The number of benzene rings is 2. The molecule has 0 aliphatic carbocycles. The monoisotopic (exact) mass is 389 g/mol. The molecule has 1 N–H and O–H groups in total. The fourth-order valence-electron chi connectivity index (χ4n) is 2.76. The molecule has 0 fully saturated rings. The second-order valence-electron chi connectivity index (χ2n) is 6.38. The number of methoxy groups -OCH3 is 1. The highest BCUT2D eigenvalue weighted by molar-refractivity contribution is 7.11. The van der Waals surface area contributed by atoms with Crippen LogP contribution in [-0.2, 0) is 6.42 Å². The summed E-state index contributed by atoms with van der Waals surface area (Å²) in [5.41, 5.74) is 4.60. The Balaban J connectivity index is 1.73. The lowest BCUT2D eigenvalue weighted by Gasteiger charge is -2.04. The molecule has 0 saturated carbocycles. The molecule has 0 unspecified atom stereocenters. The Labute approximate surface area is 170 Å². The molecule has 1 aromatic heterocycles. The number of aromatic nitrogens is 1. The number of hydrogen-bond acceptors (Lipinski definition) is 5.